The fourth-order valence-corrected chi connectivity index (χ4v) is 3.53. The Hall–Kier alpha value is -2.38. The van der Waals surface area contributed by atoms with Gasteiger partial charge in [0.1, 0.15) is 11.5 Å². The summed E-state index contributed by atoms with van der Waals surface area (Å²) in [6.45, 7) is 2.86. The molecule has 6 nitrogen and oxygen atoms in total. The number of halogens is 1. The van der Waals surface area contributed by atoms with Gasteiger partial charge in [0.25, 0.3) is 5.91 Å². The number of likely N-dealkylation sites (tertiary alicyclic amines) is 1. The molecule has 0 unspecified atom stereocenters. The molecule has 3 rings (SSSR count). The molecule has 1 amide bonds. The number of phenols is 1. The molecule has 0 aromatic heterocycles. The summed E-state index contributed by atoms with van der Waals surface area (Å²) in [4.78, 5) is 14.4. The first-order valence-corrected chi connectivity index (χ1v) is 10.1. The number of carbonyl (C=O) groups is 1. The first kappa shape index (κ1) is 20.4. The van der Waals surface area contributed by atoms with Crippen LogP contribution in [0.5, 0.6) is 11.5 Å². The smallest absolute Gasteiger partial charge is 0.277 e. The summed E-state index contributed by atoms with van der Waals surface area (Å²) in [7, 11) is 0. The van der Waals surface area contributed by atoms with E-state index in [0.717, 1.165) is 29.7 Å². The van der Waals surface area contributed by atoms with Gasteiger partial charge < -0.3 is 9.84 Å². The number of hydrogen-bond acceptors (Lipinski definition) is 5. The van der Waals surface area contributed by atoms with E-state index in [1.165, 1.54) is 25.5 Å². The maximum Gasteiger partial charge on any atom is 0.277 e. The molecule has 7 heteroatoms. The number of hydrazone groups is 1. The summed E-state index contributed by atoms with van der Waals surface area (Å²) in [5.41, 5.74) is 4.00. The number of ether oxygens (including phenoxy) is 1. The molecule has 2 aromatic rings. The van der Waals surface area contributed by atoms with Crippen LogP contribution in [0.25, 0.3) is 0 Å². The predicted molar refractivity (Wildman–Crippen MR) is 113 cm³/mol. The fourth-order valence-electron chi connectivity index (χ4n) is 3.12. The van der Waals surface area contributed by atoms with Crippen molar-refractivity contribution in [1.82, 2.24) is 10.3 Å². The van der Waals surface area contributed by atoms with Crippen LogP contribution in [0.4, 0.5) is 0 Å². The molecule has 28 heavy (non-hydrogen) atoms. The highest BCUT2D eigenvalue weighted by atomic mass is 79.9. The van der Waals surface area contributed by atoms with Crippen molar-refractivity contribution < 1.29 is 14.6 Å². The number of piperidine rings is 1. The van der Waals surface area contributed by atoms with E-state index in [1.807, 2.05) is 18.2 Å². The molecule has 0 spiro atoms. The first-order chi connectivity index (χ1) is 13.6. The molecule has 0 bridgehead atoms. The van der Waals surface area contributed by atoms with E-state index in [-0.39, 0.29) is 18.3 Å². The van der Waals surface area contributed by atoms with Crippen molar-refractivity contribution in [2.75, 3.05) is 19.7 Å². The number of hydrogen-bond donors (Lipinski definition) is 2. The normalized spacial score (nSPS) is 14.9. The monoisotopic (exact) mass is 445 g/mol. The van der Waals surface area contributed by atoms with Crippen LogP contribution in [-0.4, -0.2) is 41.8 Å². The Morgan fingerprint density at radius 1 is 1.21 bits per heavy atom. The standard InChI is InChI=1S/C21H24BrN3O3/c22-18-8-9-20(17(12-18)14-25-10-4-1-5-11-25)28-15-21(27)24-23-13-16-6-2-3-7-19(16)26/h2-3,6-9,12-13,26H,1,4-5,10-11,14-15H2,(H,24,27)/b23-13-. The molecular weight excluding hydrogens is 422 g/mol. The SMILES string of the molecule is O=C(COc1ccc(Br)cc1CN1CCCCC1)N/N=C\c1ccccc1O. The number of aromatic hydroxyl groups is 1. The van der Waals surface area contributed by atoms with Crippen molar-refractivity contribution in [1.29, 1.82) is 0 Å². The molecule has 1 aliphatic rings. The zero-order chi connectivity index (χ0) is 19.8. The number of amides is 1. The summed E-state index contributed by atoms with van der Waals surface area (Å²) in [5, 5.41) is 13.5. The molecule has 0 atom stereocenters. The topological polar surface area (TPSA) is 74.2 Å². The van der Waals surface area contributed by atoms with E-state index in [4.69, 9.17) is 4.74 Å². The molecule has 0 saturated carbocycles. The van der Waals surface area contributed by atoms with Crippen LogP contribution in [0.15, 0.2) is 52.0 Å². The average Bonchev–Trinajstić information content (AvgIpc) is 2.70. The van der Waals surface area contributed by atoms with Gasteiger partial charge in [-0.1, -0.05) is 34.5 Å². The third kappa shape index (κ3) is 6.07. The van der Waals surface area contributed by atoms with E-state index >= 15 is 0 Å². The minimum Gasteiger partial charge on any atom is -0.507 e. The summed E-state index contributed by atoms with van der Waals surface area (Å²) < 4.78 is 6.73. The lowest BCUT2D eigenvalue weighted by molar-refractivity contribution is -0.123. The van der Waals surface area contributed by atoms with Crippen molar-refractivity contribution in [3.05, 3.63) is 58.1 Å². The Morgan fingerprint density at radius 2 is 2.00 bits per heavy atom. The molecule has 2 N–H and O–H groups in total. The van der Waals surface area contributed by atoms with Crippen LogP contribution in [0.1, 0.15) is 30.4 Å². The second-order valence-corrected chi connectivity index (χ2v) is 7.65. The number of nitrogens with one attached hydrogen (secondary N) is 1. The van der Waals surface area contributed by atoms with Gasteiger partial charge >= 0.3 is 0 Å². The van der Waals surface area contributed by atoms with Crippen molar-refractivity contribution in [3.8, 4) is 11.5 Å². The lowest BCUT2D eigenvalue weighted by atomic mass is 10.1. The average molecular weight is 446 g/mol. The van der Waals surface area contributed by atoms with Crippen molar-refractivity contribution in [3.63, 3.8) is 0 Å². The van der Waals surface area contributed by atoms with Gasteiger partial charge in [-0.05, 0) is 56.3 Å². The minimum absolute atomic E-state index is 0.106. The van der Waals surface area contributed by atoms with E-state index in [2.05, 4.69) is 31.4 Å². The number of rotatable bonds is 7. The van der Waals surface area contributed by atoms with Gasteiger partial charge in [-0.3, -0.25) is 9.69 Å². The molecule has 2 aromatic carbocycles. The minimum atomic E-state index is -0.362. The summed E-state index contributed by atoms with van der Waals surface area (Å²) in [6, 6.07) is 12.6. The van der Waals surface area contributed by atoms with Crippen molar-refractivity contribution in [2.24, 2.45) is 5.10 Å². The van der Waals surface area contributed by atoms with E-state index in [9.17, 15) is 9.90 Å². The van der Waals surface area contributed by atoms with Gasteiger partial charge in [0.2, 0.25) is 0 Å². The molecule has 0 radical (unpaired) electrons. The largest absolute Gasteiger partial charge is 0.507 e. The van der Waals surface area contributed by atoms with Crippen LogP contribution in [0.3, 0.4) is 0 Å². The zero-order valence-corrected chi connectivity index (χ0v) is 17.2. The number of benzene rings is 2. The predicted octanol–water partition coefficient (Wildman–Crippen LogP) is 3.67. The quantitative estimate of drug-likeness (QED) is 0.503. The molecule has 0 aliphatic carbocycles. The Balaban J connectivity index is 1.54. The van der Waals surface area contributed by atoms with E-state index in [1.54, 1.807) is 24.3 Å². The van der Waals surface area contributed by atoms with Gasteiger partial charge in [0.05, 0.1) is 6.21 Å². The first-order valence-electron chi connectivity index (χ1n) is 9.35. The van der Waals surface area contributed by atoms with Crippen LogP contribution in [0, 0.1) is 0 Å². The number of carbonyl (C=O) groups excluding carboxylic acids is 1. The highest BCUT2D eigenvalue weighted by molar-refractivity contribution is 9.10. The van der Waals surface area contributed by atoms with Gasteiger partial charge in [-0.25, -0.2) is 5.43 Å². The Morgan fingerprint density at radius 3 is 2.79 bits per heavy atom. The van der Waals surface area contributed by atoms with Gasteiger partial charge in [0.15, 0.2) is 6.61 Å². The molecule has 1 saturated heterocycles. The van der Waals surface area contributed by atoms with Gasteiger partial charge in [0, 0.05) is 22.1 Å². The highest BCUT2D eigenvalue weighted by Gasteiger charge is 2.14. The van der Waals surface area contributed by atoms with Gasteiger partial charge in [-0.15, -0.1) is 0 Å². The maximum absolute atomic E-state index is 12.0. The number of nitrogens with zero attached hydrogens (tertiary/aromatic N) is 2. The van der Waals surface area contributed by atoms with Crippen molar-refractivity contribution >= 4 is 28.1 Å². The number of phenolic OH excluding ortho intramolecular Hbond substituents is 1. The summed E-state index contributed by atoms with van der Waals surface area (Å²) >= 11 is 3.51. The van der Waals surface area contributed by atoms with Crippen LogP contribution < -0.4 is 10.2 Å². The van der Waals surface area contributed by atoms with Crippen molar-refractivity contribution in [2.45, 2.75) is 25.8 Å². The molecular formula is C21H24BrN3O3. The third-order valence-corrected chi connectivity index (χ3v) is 5.05. The summed E-state index contributed by atoms with van der Waals surface area (Å²) in [6.07, 6.45) is 5.14. The lowest BCUT2D eigenvalue weighted by Gasteiger charge is -2.27. The third-order valence-electron chi connectivity index (χ3n) is 4.55. The molecule has 1 fully saturated rings. The van der Waals surface area contributed by atoms with Gasteiger partial charge in [-0.2, -0.15) is 5.10 Å². The number of para-hydroxylation sites is 1. The van der Waals surface area contributed by atoms with Crippen LogP contribution in [-0.2, 0) is 11.3 Å². The van der Waals surface area contributed by atoms with E-state index in [0.29, 0.717) is 11.3 Å². The second-order valence-electron chi connectivity index (χ2n) is 6.73. The summed E-state index contributed by atoms with van der Waals surface area (Å²) in [5.74, 6) is 0.445. The Bertz CT molecular complexity index is 835. The molecule has 1 heterocycles. The molecule has 1 aliphatic heterocycles. The second kappa shape index (κ2) is 10.2. The lowest BCUT2D eigenvalue weighted by Crippen LogP contribution is -2.29. The Labute approximate surface area is 173 Å². The zero-order valence-electron chi connectivity index (χ0n) is 15.6. The highest BCUT2D eigenvalue weighted by Crippen LogP contribution is 2.26. The van der Waals surface area contributed by atoms with Crippen LogP contribution in [0.2, 0.25) is 0 Å². The molecule has 148 valence electrons. The fraction of sp³-hybridized carbons (Fsp3) is 0.333. The van der Waals surface area contributed by atoms with E-state index < -0.39 is 0 Å². The maximum atomic E-state index is 12.0. The Kier molecular flexibility index (Phi) is 7.45. The van der Waals surface area contributed by atoms with Crippen LogP contribution >= 0.6 is 15.9 Å².